The SMILES string of the molecule is O=C(COc1ccccc1[N+](=O)[O-])Nc1ccc(CN2CCCCC2)cc1. The van der Waals surface area contributed by atoms with Crippen molar-refractivity contribution in [2.45, 2.75) is 25.8 Å². The van der Waals surface area contributed by atoms with Gasteiger partial charge in [-0.15, -0.1) is 0 Å². The van der Waals surface area contributed by atoms with Crippen molar-refractivity contribution in [3.63, 3.8) is 0 Å². The van der Waals surface area contributed by atoms with Crippen LogP contribution in [0.3, 0.4) is 0 Å². The number of piperidine rings is 1. The lowest BCUT2D eigenvalue weighted by molar-refractivity contribution is -0.385. The van der Waals surface area contributed by atoms with Crippen molar-refractivity contribution in [2.75, 3.05) is 25.0 Å². The fourth-order valence-electron chi connectivity index (χ4n) is 3.14. The number of nitrogens with one attached hydrogen (secondary N) is 1. The molecule has 0 aliphatic carbocycles. The topological polar surface area (TPSA) is 84.7 Å². The second-order valence-electron chi connectivity index (χ2n) is 6.60. The minimum atomic E-state index is -0.533. The van der Waals surface area contributed by atoms with Crippen LogP contribution in [-0.2, 0) is 11.3 Å². The van der Waals surface area contributed by atoms with E-state index in [9.17, 15) is 14.9 Å². The van der Waals surface area contributed by atoms with E-state index in [1.54, 1.807) is 12.1 Å². The summed E-state index contributed by atoms with van der Waals surface area (Å²) in [6.45, 7) is 2.91. The van der Waals surface area contributed by atoms with Gasteiger partial charge in [-0.2, -0.15) is 0 Å². The number of nitro groups is 1. The van der Waals surface area contributed by atoms with Crippen molar-refractivity contribution in [3.8, 4) is 5.75 Å². The third-order valence-corrected chi connectivity index (χ3v) is 4.51. The van der Waals surface area contributed by atoms with Crippen molar-refractivity contribution < 1.29 is 14.5 Å². The number of likely N-dealkylation sites (tertiary alicyclic amines) is 1. The van der Waals surface area contributed by atoms with Crippen molar-refractivity contribution in [1.29, 1.82) is 0 Å². The Bertz CT molecular complexity index is 786. The molecule has 1 heterocycles. The van der Waals surface area contributed by atoms with Crippen LogP contribution in [0.4, 0.5) is 11.4 Å². The second kappa shape index (κ2) is 9.14. The zero-order chi connectivity index (χ0) is 19.1. The maximum atomic E-state index is 12.1. The summed E-state index contributed by atoms with van der Waals surface area (Å²) in [7, 11) is 0. The van der Waals surface area contributed by atoms with E-state index in [1.165, 1.54) is 37.0 Å². The third-order valence-electron chi connectivity index (χ3n) is 4.51. The monoisotopic (exact) mass is 369 g/mol. The predicted molar refractivity (Wildman–Crippen MR) is 103 cm³/mol. The van der Waals surface area contributed by atoms with Crippen LogP contribution < -0.4 is 10.1 Å². The molecule has 2 aromatic rings. The maximum Gasteiger partial charge on any atom is 0.310 e. The van der Waals surface area contributed by atoms with Gasteiger partial charge in [0.2, 0.25) is 0 Å². The number of nitrogens with zero attached hydrogens (tertiary/aromatic N) is 2. The number of nitro benzene ring substituents is 1. The number of ether oxygens (including phenoxy) is 1. The molecular weight excluding hydrogens is 346 g/mol. The summed E-state index contributed by atoms with van der Waals surface area (Å²) in [6.07, 6.45) is 3.83. The first-order chi connectivity index (χ1) is 13.1. The van der Waals surface area contributed by atoms with Gasteiger partial charge in [0.1, 0.15) is 0 Å². The fraction of sp³-hybridized carbons (Fsp3) is 0.350. The average molecular weight is 369 g/mol. The fourth-order valence-corrected chi connectivity index (χ4v) is 3.14. The number of hydrogen-bond donors (Lipinski definition) is 1. The van der Waals surface area contributed by atoms with E-state index in [4.69, 9.17) is 4.74 Å². The summed E-state index contributed by atoms with van der Waals surface area (Å²) in [6, 6.07) is 13.7. The van der Waals surface area contributed by atoms with Crippen LogP contribution in [0.2, 0.25) is 0 Å². The van der Waals surface area contributed by atoms with E-state index in [0.29, 0.717) is 5.69 Å². The van der Waals surface area contributed by atoms with E-state index in [-0.39, 0.29) is 24.0 Å². The Morgan fingerprint density at radius 3 is 2.48 bits per heavy atom. The van der Waals surface area contributed by atoms with Crippen LogP contribution in [0.25, 0.3) is 0 Å². The summed E-state index contributed by atoms with van der Waals surface area (Å²) in [5.74, 6) is -0.286. The summed E-state index contributed by atoms with van der Waals surface area (Å²) in [5, 5.41) is 13.7. The highest BCUT2D eigenvalue weighted by Gasteiger charge is 2.15. The van der Waals surface area contributed by atoms with E-state index < -0.39 is 4.92 Å². The quantitative estimate of drug-likeness (QED) is 0.595. The number of carbonyl (C=O) groups excluding carboxylic acids is 1. The van der Waals surface area contributed by atoms with Gasteiger partial charge in [-0.1, -0.05) is 30.7 Å². The lowest BCUT2D eigenvalue weighted by Crippen LogP contribution is -2.29. The molecule has 1 N–H and O–H groups in total. The van der Waals surface area contributed by atoms with Crippen LogP contribution in [0.5, 0.6) is 5.75 Å². The van der Waals surface area contributed by atoms with E-state index >= 15 is 0 Å². The van der Waals surface area contributed by atoms with Gasteiger partial charge in [-0.05, 0) is 49.7 Å². The Morgan fingerprint density at radius 2 is 1.78 bits per heavy atom. The molecule has 0 radical (unpaired) electrons. The van der Waals surface area contributed by atoms with Crippen LogP contribution >= 0.6 is 0 Å². The molecule has 142 valence electrons. The number of benzene rings is 2. The van der Waals surface area contributed by atoms with Gasteiger partial charge in [0, 0.05) is 18.3 Å². The first kappa shape index (κ1) is 18.8. The normalized spacial score (nSPS) is 14.5. The molecule has 0 unspecified atom stereocenters. The van der Waals surface area contributed by atoms with Crippen LogP contribution in [0.15, 0.2) is 48.5 Å². The Kier molecular flexibility index (Phi) is 6.38. The highest BCUT2D eigenvalue weighted by molar-refractivity contribution is 5.91. The molecule has 0 aromatic heterocycles. The molecule has 0 saturated carbocycles. The molecule has 27 heavy (non-hydrogen) atoms. The smallest absolute Gasteiger partial charge is 0.310 e. The Labute approximate surface area is 158 Å². The number of amides is 1. The highest BCUT2D eigenvalue weighted by atomic mass is 16.6. The zero-order valence-electron chi connectivity index (χ0n) is 15.1. The van der Waals surface area contributed by atoms with Gasteiger partial charge >= 0.3 is 5.69 Å². The molecule has 0 bridgehead atoms. The lowest BCUT2D eigenvalue weighted by atomic mass is 10.1. The number of anilines is 1. The van der Waals surface area contributed by atoms with Crippen molar-refractivity contribution in [2.24, 2.45) is 0 Å². The van der Waals surface area contributed by atoms with Gasteiger partial charge in [0.25, 0.3) is 5.91 Å². The number of rotatable bonds is 7. The largest absolute Gasteiger partial charge is 0.477 e. The summed E-state index contributed by atoms with van der Waals surface area (Å²) in [5.41, 5.74) is 1.73. The van der Waals surface area contributed by atoms with Crippen molar-refractivity contribution >= 4 is 17.3 Å². The maximum absolute atomic E-state index is 12.1. The molecule has 7 heteroatoms. The third kappa shape index (κ3) is 5.52. The second-order valence-corrected chi connectivity index (χ2v) is 6.60. The molecule has 1 fully saturated rings. The predicted octanol–water partition coefficient (Wildman–Crippen LogP) is 3.60. The van der Waals surface area contributed by atoms with Gasteiger partial charge < -0.3 is 10.1 Å². The molecule has 1 saturated heterocycles. The molecule has 1 aliphatic heterocycles. The van der Waals surface area contributed by atoms with E-state index in [0.717, 1.165) is 19.6 Å². The molecule has 1 amide bonds. The minimum Gasteiger partial charge on any atom is -0.477 e. The van der Waals surface area contributed by atoms with Crippen LogP contribution in [0, 0.1) is 10.1 Å². The summed E-state index contributed by atoms with van der Waals surface area (Å²) < 4.78 is 5.30. The first-order valence-electron chi connectivity index (χ1n) is 9.09. The molecule has 2 aromatic carbocycles. The number of hydrogen-bond acceptors (Lipinski definition) is 5. The minimum absolute atomic E-state index is 0.0783. The van der Waals surface area contributed by atoms with Crippen LogP contribution in [-0.4, -0.2) is 35.4 Å². The standard InChI is InChI=1S/C20H23N3O4/c24-20(15-27-19-7-3-2-6-18(19)23(25)26)21-17-10-8-16(9-11-17)14-22-12-4-1-5-13-22/h2-3,6-11H,1,4-5,12-15H2,(H,21,24). The number of para-hydroxylation sites is 2. The molecule has 3 rings (SSSR count). The molecular formula is C20H23N3O4. The van der Waals surface area contributed by atoms with Crippen LogP contribution in [0.1, 0.15) is 24.8 Å². The first-order valence-corrected chi connectivity index (χ1v) is 9.09. The highest BCUT2D eigenvalue weighted by Crippen LogP contribution is 2.25. The van der Waals surface area contributed by atoms with E-state index in [1.807, 2.05) is 24.3 Å². The Balaban J connectivity index is 1.50. The van der Waals surface area contributed by atoms with Crippen molar-refractivity contribution in [3.05, 3.63) is 64.2 Å². The average Bonchev–Trinajstić information content (AvgIpc) is 2.69. The summed E-state index contributed by atoms with van der Waals surface area (Å²) >= 11 is 0. The Morgan fingerprint density at radius 1 is 1.07 bits per heavy atom. The molecule has 1 aliphatic rings. The molecule has 0 atom stereocenters. The summed E-state index contributed by atoms with van der Waals surface area (Å²) in [4.78, 5) is 24.9. The van der Waals surface area contributed by atoms with Gasteiger partial charge in [0.05, 0.1) is 4.92 Å². The van der Waals surface area contributed by atoms with Crippen molar-refractivity contribution in [1.82, 2.24) is 4.90 Å². The molecule has 0 spiro atoms. The van der Waals surface area contributed by atoms with Gasteiger partial charge in [0.15, 0.2) is 12.4 Å². The van der Waals surface area contributed by atoms with Gasteiger partial charge in [-0.25, -0.2) is 0 Å². The zero-order valence-corrected chi connectivity index (χ0v) is 15.1. The van der Waals surface area contributed by atoms with Gasteiger partial charge in [-0.3, -0.25) is 19.8 Å². The Hall–Kier alpha value is -2.93. The lowest BCUT2D eigenvalue weighted by Gasteiger charge is -2.26. The molecule has 7 nitrogen and oxygen atoms in total. The van der Waals surface area contributed by atoms with E-state index in [2.05, 4.69) is 10.2 Å². The number of carbonyl (C=O) groups is 1.